The van der Waals surface area contributed by atoms with Crippen LogP contribution >= 0.6 is 0 Å². The third-order valence-corrected chi connectivity index (χ3v) is 4.17. The van der Waals surface area contributed by atoms with Crippen molar-refractivity contribution in [2.75, 3.05) is 18.5 Å². The Bertz CT molecular complexity index is 1050. The molecule has 0 aliphatic rings. The molecule has 1 heterocycles. The number of aryl methyl sites for hydroxylation is 1. The van der Waals surface area contributed by atoms with E-state index in [4.69, 9.17) is 9.47 Å². The number of esters is 2. The maximum absolute atomic E-state index is 13.1. The Morgan fingerprint density at radius 1 is 1.03 bits per heavy atom. The Kier molecular flexibility index (Phi) is 8.05. The molecule has 3 N–H and O–H groups in total. The van der Waals surface area contributed by atoms with Crippen molar-refractivity contribution in [3.63, 3.8) is 0 Å². The maximum atomic E-state index is 13.1. The number of rotatable bonds is 8. The largest absolute Gasteiger partial charge is 0.459 e. The van der Waals surface area contributed by atoms with E-state index in [2.05, 4.69) is 15.6 Å². The van der Waals surface area contributed by atoms with Gasteiger partial charge in [-0.3, -0.25) is 9.59 Å². The quantitative estimate of drug-likeness (QED) is 0.529. The van der Waals surface area contributed by atoms with Gasteiger partial charge in [0.25, 0.3) is 5.91 Å². The van der Waals surface area contributed by atoms with Crippen molar-refractivity contribution >= 4 is 29.4 Å². The molecule has 32 heavy (non-hydrogen) atoms. The lowest BCUT2D eigenvalue weighted by Crippen LogP contribution is -2.35. The molecule has 2 rings (SSSR count). The summed E-state index contributed by atoms with van der Waals surface area (Å²) in [7, 11) is 0. The summed E-state index contributed by atoms with van der Waals surface area (Å²) in [6.45, 7) is 5.36. The smallest absolute Gasteiger partial charge is 0.355 e. The minimum Gasteiger partial charge on any atom is -0.459 e. The van der Waals surface area contributed by atoms with E-state index in [0.29, 0.717) is 11.3 Å². The van der Waals surface area contributed by atoms with Crippen molar-refractivity contribution in [3.05, 3.63) is 52.3 Å². The van der Waals surface area contributed by atoms with Gasteiger partial charge in [-0.1, -0.05) is 0 Å². The monoisotopic (exact) mass is 451 g/mol. The van der Waals surface area contributed by atoms with Crippen molar-refractivity contribution in [1.82, 2.24) is 10.3 Å². The number of carbonyl (C=O) groups is 4. The molecule has 0 radical (unpaired) electrons. The van der Waals surface area contributed by atoms with E-state index in [0.717, 1.165) is 18.2 Å². The molecule has 1 aromatic heterocycles. The van der Waals surface area contributed by atoms with Gasteiger partial charge >= 0.3 is 11.9 Å². The molecule has 0 atom stereocenters. The molecule has 2 amide bonds. The Hall–Kier alpha value is -3.76. The first kappa shape index (κ1) is 24.5. The first-order valence-electron chi connectivity index (χ1n) is 9.58. The maximum Gasteiger partial charge on any atom is 0.355 e. The van der Waals surface area contributed by atoms with Crippen molar-refractivity contribution in [2.45, 2.75) is 33.8 Å². The Labute approximate surface area is 182 Å². The summed E-state index contributed by atoms with van der Waals surface area (Å²) in [4.78, 5) is 50.9. The second-order valence-electron chi connectivity index (χ2n) is 7.11. The van der Waals surface area contributed by atoms with E-state index in [-0.39, 0.29) is 23.0 Å². The van der Waals surface area contributed by atoms with Crippen molar-refractivity contribution in [2.24, 2.45) is 0 Å². The number of hydrogen-bond acceptors (Lipinski definition) is 6. The van der Waals surface area contributed by atoms with Crippen LogP contribution in [0.25, 0.3) is 0 Å². The van der Waals surface area contributed by atoms with Crippen LogP contribution in [0.3, 0.4) is 0 Å². The molecule has 0 saturated carbocycles. The summed E-state index contributed by atoms with van der Waals surface area (Å²) >= 11 is 0. The first-order valence-corrected chi connectivity index (χ1v) is 9.58. The van der Waals surface area contributed by atoms with E-state index >= 15 is 0 Å². The van der Waals surface area contributed by atoms with Crippen molar-refractivity contribution in [3.8, 4) is 0 Å². The summed E-state index contributed by atoms with van der Waals surface area (Å²) in [5, 5.41) is 4.51. The number of aromatic nitrogens is 1. The standard InChI is InChI=1S/C21H23F2N3O6/c1-10(2)32-20(29)18-11(3)19(25-12(18)4)21(30)31-9-17(28)24-8-16(27)26-13-5-6-14(22)15(23)7-13/h5-7,10,25H,8-9H2,1-4H3,(H,24,28)(H,26,27). The summed E-state index contributed by atoms with van der Waals surface area (Å²) < 4.78 is 36.1. The third-order valence-electron chi connectivity index (χ3n) is 4.17. The molecule has 172 valence electrons. The van der Waals surface area contributed by atoms with Crippen LogP contribution in [0.2, 0.25) is 0 Å². The first-order chi connectivity index (χ1) is 15.0. The molecular weight excluding hydrogens is 428 g/mol. The van der Waals surface area contributed by atoms with Crippen molar-refractivity contribution < 1.29 is 37.4 Å². The molecule has 0 bridgehead atoms. The molecule has 0 unspecified atom stereocenters. The molecule has 0 aliphatic heterocycles. The number of H-pyrrole nitrogens is 1. The average molecular weight is 451 g/mol. The average Bonchev–Trinajstić information content (AvgIpc) is 3.01. The lowest BCUT2D eigenvalue weighted by atomic mass is 10.1. The van der Waals surface area contributed by atoms with Gasteiger partial charge in [0.1, 0.15) is 5.69 Å². The lowest BCUT2D eigenvalue weighted by Gasteiger charge is -2.09. The molecule has 0 saturated heterocycles. The zero-order valence-electron chi connectivity index (χ0n) is 17.9. The molecule has 9 nitrogen and oxygen atoms in total. The van der Waals surface area contributed by atoms with Crippen LogP contribution in [0.15, 0.2) is 18.2 Å². The fraction of sp³-hybridized carbons (Fsp3) is 0.333. The number of amides is 2. The van der Waals surface area contributed by atoms with Gasteiger partial charge in [-0.2, -0.15) is 0 Å². The molecule has 1 aromatic carbocycles. The van der Waals surface area contributed by atoms with Crippen LogP contribution < -0.4 is 10.6 Å². The highest BCUT2D eigenvalue weighted by Gasteiger charge is 2.25. The van der Waals surface area contributed by atoms with Gasteiger partial charge in [-0.15, -0.1) is 0 Å². The van der Waals surface area contributed by atoms with E-state index in [9.17, 15) is 28.0 Å². The second kappa shape index (κ2) is 10.5. The highest BCUT2D eigenvalue weighted by Crippen LogP contribution is 2.20. The minimum atomic E-state index is -1.13. The van der Waals surface area contributed by atoms with E-state index in [1.807, 2.05) is 0 Å². The Morgan fingerprint density at radius 3 is 2.34 bits per heavy atom. The van der Waals surface area contributed by atoms with Crippen LogP contribution in [0.5, 0.6) is 0 Å². The van der Waals surface area contributed by atoms with Crippen LogP contribution in [0.1, 0.15) is 46.0 Å². The van der Waals surface area contributed by atoms with Crippen LogP contribution in [-0.2, 0) is 19.1 Å². The van der Waals surface area contributed by atoms with Gasteiger partial charge in [0, 0.05) is 17.4 Å². The van der Waals surface area contributed by atoms with Gasteiger partial charge in [0.15, 0.2) is 18.2 Å². The number of nitrogens with one attached hydrogen (secondary N) is 3. The van der Waals surface area contributed by atoms with Crippen molar-refractivity contribution in [1.29, 1.82) is 0 Å². The summed E-state index contributed by atoms with van der Waals surface area (Å²) in [5.74, 6) is -5.10. The number of halogens is 2. The summed E-state index contributed by atoms with van der Waals surface area (Å²) in [5.41, 5.74) is 0.966. The van der Waals surface area contributed by atoms with Gasteiger partial charge in [0.05, 0.1) is 18.2 Å². The predicted molar refractivity (Wildman–Crippen MR) is 109 cm³/mol. The number of benzene rings is 1. The predicted octanol–water partition coefficient (Wildman–Crippen LogP) is 2.39. The zero-order valence-corrected chi connectivity index (χ0v) is 17.9. The molecule has 0 aliphatic carbocycles. The number of carbonyl (C=O) groups excluding carboxylic acids is 4. The van der Waals surface area contributed by atoms with Gasteiger partial charge in [-0.05, 0) is 45.4 Å². The third kappa shape index (κ3) is 6.37. The summed E-state index contributed by atoms with van der Waals surface area (Å²) in [6.07, 6.45) is -0.338. The second-order valence-corrected chi connectivity index (χ2v) is 7.11. The highest BCUT2D eigenvalue weighted by molar-refractivity contribution is 5.99. The van der Waals surface area contributed by atoms with Gasteiger partial charge < -0.3 is 25.1 Å². The Morgan fingerprint density at radius 2 is 1.72 bits per heavy atom. The van der Waals surface area contributed by atoms with E-state index in [1.165, 1.54) is 0 Å². The number of anilines is 1. The number of aromatic amines is 1. The topological polar surface area (TPSA) is 127 Å². The van der Waals surface area contributed by atoms with E-state index in [1.54, 1.807) is 27.7 Å². The lowest BCUT2D eigenvalue weighted by molar-refractivity contribution is -0.126. The number of hydrogen-bond donors (Lipinski definition) is 3. The van der Waals surface area contributed by atoms with Gasteiger partial charge in [0.2, 0.25) is 5.91 Å². The fourth-order valence-corrected chi connectivity index (χ4v) is 2.75. The van der Waals surface area contributed by atoms with Crippen LogP contribution in [0, 0.1) is 25.5 Å². The van der Waals surface area contributed by atoms with Gasteiger partial charge in [-0.25, -0.2) is 18.4 Å². The fourth-order valence-electron chi connectivity index (χ4n) is 2.75. The highest BCUT2D eigenvalue weighted by atomic mass is 19.2. The molecular formula is C21H23F2N3O6. The number of ether oxygens (including phenoxy) is 2. The zero-order chi connectivity index (χ0) is 24.0. The SMILES string of the molecule is Cc1[nH]c(C(=O)OCC(=O)NCC(=O)Nc2ccc(F)c(F)c2)c(C)c1C(=O)OC(C)C. The van der Waals surface area contributed by atoms with Crippen LogP contribution in [-0.4, -0.2) is 48.0 Å². The van der Waals surface area contributed by atoms with Crippen LogP contribution in [0.4, 0.5) is 14.5 Å². The summed E-state index contributed by atoms with van der Waals surface area (Å²) in [6, 6.07) is 2.80. The minimum absolute atomic E-state index is 0.00193. The molecule has 0 spiro atoms. The molecule has 0 fully saturated rings. The Balaban J connectivity index is 1.86. The molecule has 11 heteroatoms. The molecule has 2 aromatic rings. The normalized spacial score (nSPS) is 10.6. The van der Waals surface area contributed by atoms with E-state index < -0.39 is 48.5 Å².